The molecule has 8 heteroatoms. The summed E-state index contributed by atoms with van der Waals surface area (Å²) in [6, 6.07) is 18.8. The normalized spacial score (nSPS) is 12.4. The number of nitrogens with zero attached hydrogens (tertiary/aromatic N) is 1. The molecule has 0 aliphatic heterocycles. The van der Waals surface area contributed by atoms with Gasteiger partial charge in [-0.25, -0.2) is 4.79 Å². The standard InChI is InChI=1S/C29H29N3O5/c1-19(31-27(33)10-6-7-21-11-15-24(36-3)16-12-21)28(34)32-20(2)29(35)37-18-23-14-13-22-8-4-5-9-25(22)26(23)17-30/h4-9,11-16,19-20H,10,18H2,1-3H3,(H,31,33)(H,32,34)/b7-6-/t19-,20-/m0/s1. The van der Waals surface area contributed by atoms with Crippen LogP contribution in [0.1, 0.15) is 37.0 Å². The lowest BCUT2D eigenvalue weighted by Crippen LogP contribution is -2.49. The smallest absolute Gasteiger partial charge is 0.328 e. The van der Waals surface area contributed by atoms with Crippen molar-refractivity contribution in [3.8, 4) is 11.8 Å². The number of nitriles is 1. The van der Waals surface area contributed by atoms with Gasteiger partial charge in [0.15, 0.2) is 0 Å². The third kappa shape index (κ3) is 7.42. The Morgan fingerprint density at radius 3 is 2.41 bits per heavy atom. The van der Waals surface area contributed by atoms with Crippen molar-refractivity contribution in [1.29, 1.82) is 5.26 Å². The minimum Gasteiger partial charge on any atom is -0.497 e. The number of hydrogen-bond acceptors (Lipinski definition) is 6. The van der Waals surface area contributed by atoms with E-state index in [-0.39, 0.29) is 18.9 Å². The Bertz CT molecular complexity index is 1340. The van der Waals surface area contributed by atoms with E-state index in [2.05, 4.69) is 16.7 Å². The van der Waals surface area contributed by atoms with Crippen molar-refractivity contribution >= 4 is 34.6 Å². The highest BCUT2D eigenvalue weighted by molar-refractivity contribution is 5.91. The summed E-state index contributed by atoms with van der Waals surface area (Å²) in [6.07, 6.45) is 3.59. The molecule has 190 valence electrons. The molecule has 0 saturated carbocycles. The molecule has 0 radical (unpaired) electrons. The lowest BCUT2D eigenvalue weighted by molar-refractivity contribution is -0.148. The van der Waals surface area contributed by atoms with Crippen molar-refractivity contribution in [2.45, 2.75) is 39.0 Å². The van der Waals surface area contributed by atoms with E-state index in [0.717, 1.165) is 22.1 Å². The predicted octanol–water partition coefficient (Wildman–Crippen LogP) is 3.88. The Kier molecular flexibility index (Phi) is 9.39. The van der Waals surface area contributed by atoms with E-state index < -0.39 is 24.0 Å². The van der Waals surface area contributed by atoms with Crippen molar-refractivity contribution in [3.05, 3.63) is 83.4 Å². The molecule has 3 rings (SSSR count). The third-order valence-electron chi connectivity index (χ3n) is 5.71. The number of rotatable bonds is 10. The summed E-state index contributed by atoms with van der Waals surface area (Å²) in [6.45, 7) is 2.93. The van der Waals surface area contributed by atoms with Gasteiger partial charge in [-0.2, -0.15) is 5.26 Å². The van der Waals surface area contributed by atoms with Crippen LogP contribution in [0.4, 0.5) is 0 Å². The van der Waals surface area contributed by atoms with Gasteiger partial charge >= 0.3 is 5.97 Å². The van der Waals surface area contributed by atoms with Crippen LogP contribution in [0, 0.1) is 11.3 Å². The maximum absolute atomic E-state index is 12.5. The molecule has 0 aliphatic rings. The molecular weight excluding hydrogens is 470 g/mol. The van der Waals surface area contributed by atoms with E-state index in [0.29, 0.717) is 11.1 Å². The van der Waals surface area contributed by atoms with Crippen molar-refractivity contribution < 1.29 is 23.9 Å². The van der Waals surface area contributed by atoms with E-state index in [4.69, 9.17) is 9.47 Å². The van der Waals surface area contributed by atoms with Crippen LogP contribution in [-0.2, 0) is 25.7 Å². The lowest BCUT2D eigenvalue weighted by atomic mass is 10.0. The average Bonchev–Trinajstić information content (AvgIpc) is 2.91. The van der Waals surface area contributed by atoms with Crippen molar-refractivity contribution in [1.82, 2.24) is 10.6 Å². The Morgan fingerprint density at radius 2 is 1.70 bits per heavy atom. The number of amides is 2. The van der Waals surface area contributed by atoms with Gasteiger partial charge in [0, 0.05) is 12.0 Å². The number of fused-ring (bicyclic) bond motifs is 1. The molecule has 0 aliphatic carbocycles. The van der Waals surface area contributed by atoms with Gasteiger partial charge in [-0.05, 0) is 42.3 Å². The minimum atomic E-state index is -0.937. The zero-order valence-electron chi connectivity index (χ0n) is 21.0. The number of methoxy groups -OCH3 is 1. The summed E-state index contributed by atoms with van der Waals surface area (Å²) in [4.78, 5) is 37.1. The molecule has 2 amide bonds. The number of benzene rings is 3. The van der Waals surface area contributed by atoms with Crippen LogP contribution >= 0.6 is 0 Å². The number of carbonyl (C=O) groups is 3. The van der Waals surface area contributed by atoms with Crippen molar-refractivity contribution in [3.63, 3.8) is 0 Å². The average molecular weight is 500 g/mol. The van der Waals surface area contributed by atoms with Crippen LogP contribution < -0.4 is 15.4 Å². The summed E-state index contributed by atoms with van der Waals surface area (Å²) in [5, 5.41) is 16.4. The van der Waals surface area contributed by atoms with Gasteiger partial charge in [-0.15, -0.1) is 0 Å². The number of carbonyl (C=O) groups excluding carboxylic acids is 3. The molecule has 3 aromatic carbocycles. The zero-order chi connectivity index (χ0) is 26.8. The molecule has 0 bridgehead atoms. The second-order valence-electron chi connectivity index (χ2n) is 8.44. The summed E-state index contributed by atoms with van der Waals surface area (Å²) in [5.74, 6) is -0.747. The SMILES string of the molecule is COc1ccc(/C=C\CC(=O)N[C@@H](C)C(=O)N[C@@H](C)C(=O)OCc2ccc3ccccc3c2C#N)cc1. The summed E-state index contributed by atoms with van der Waals surface area (Å²) in [5.41, 5.74) is 1.94. The fourth-order valence-electron chi connectivity index (χ4n) is 3.62. The second kappa shape index (κ2) is 12.9. The van der Waals surface area contributed by atoms with Crippen LogP contribution in [0.2, 0.25) is 0 Å². The van der Waals surface area contributed by atoms with E-state index >= 15 is 0 Å². The number of esters is 1. The predicted molar refractivity (Wildman–Crippen MR) is 140 cm³/mol. The first-order valence-electron chi connectivity index (χ1n) is 11.8. The molecule has 0 spiro atoms. The maximum atomic E-state index is 12.5. The second-order valence-corrected chi connectivity index (χ2v) is 8.44. The monoisotopic (exact) mass is 499 g/mol. The largest absolute Gasteiger partial charge is 0.497 e. The minimum absolute atomic E-state index is 0.0915. The molecule has 0 aromatic heterocycles. The van der Waals surface area contributed by atoms with Crippen LogP contribution in [0.3, 0.4) is 0 Å². The highest BCUT2D eigenvalue weighted by Gasteiger charge is 2.22. The first kappa shape index (κ1) is 27.0. The molecule has 0 heterocycles. The lowest BCUT2D eigenvalue weighted by Gasteiger charge is -2.18. The van der Waals surface area contributed by atoms with Crippen LogP contribution in [0.25, 0.3) is 16.8 Å². The highest BCUT2D eigenvalue weighted by atomic mass is 16.5. The molecular formula is C29H29N3O5. The Labute approximate surface area is 215 Å². The Morgan fingerprint density at radius 1 is 0.973 bits per heavy atom. The third-order valence-corrected chi connectivity index (χ3v) is 5.71. The zero-order valence-corrected chi connectivity index (χ0v) is 21.0. The fourth-order valence-corrected chi connectivity index (χ4v) is 3.62. The Hall–Kier alpha value is -4.64. The maximum Gasteiger partial charge on any atom is 0.328 e. The first-order chi connectivity index (χ1) is 17.8. The van der Waals surface area contributed by atoms with Gasteiger partial charge in [0.1, 0.15) is 30.5 Å². The van der Waals surface area contributed by atoms with Gasteiger partial charge in [0.05, 0.1) is 12.7 Å². The van der Waals surface area contributed by atoms with Gasteiger partial charge in [0.25, 0.3) is 0 Å². The summed E-state index contributed by atoms with van der Waals surface area (Å²) in [7, 11) is 1.59. The van der Waals surface area contributed by atoms with E-state index in [9.17, 15) is 19.6 Å². The number of ether oxygens (including phenoxy) is 2. The van der Waals surface area contributed by atoms with E-state index in [1.165, 1.54) is 13.8 Å². The summed E-state index contributed by atoms with van der Waals surface area (Å²) < 4.78 is 10.5. The molecule has 8 nitrogen and oxygen atoms in total. The van der Waals surface area contributed by atoms with Crippen LogP contribution in [0.15, 0.2) is 66.7 Å². The quantitative estimate of drug-likeness (QED) is 0.409. The van der Waals surface area contributed by atoms with E-state index in [1.54, 1.807) is 25.3 Å². The van der Waals surface area contributed by atoms with Gasteiger partial charge in [-0.3, -0.25) is 9.59 Å². The van der Waals surface area contributed by atoms with Gasteiger partial charge in [0.2, 0.25) is 11.8 Å². The van der Waals surface area contributed by atoms with Gasteiger partial charge in [-0.1, -0.05) is 60.7 Å². The fraction of sp³-hybridized carbons (Fsp3) is 0.241. The molecule has 2 atom stereocenters. The topological polar surface area (TPSA) is 118 Å². The number of nitrogens with one attached hydrogen (secondary N) is 2. The Balaban J connectivity index is 1.46. The highest BCUT2D eigenvalue weighted by Crippen LogP contribution is 2.22. The summed E-state index contributed by atoms with van der Waals surface area (Å²) >= 11 is 0. The number of hydrogen-bond donors (Lipinski definition) is 2. The molecule has 3 aromatic rings. The van der Waals surface area contributed by atoms with Gasteiger partial charge < -0.3 is 20.1 Å². The molecule has 0 unspecified atom stereocenters. The van der Waals surface area contributed by atoms with Crippen molar-refractivity contribution in [2.24, 2.45) is 0 Å². The first-order valence-corrected chi connectivity index (χ1v) is 11.8. The van der Waals surface area contributed by atoms with E-state index in [1.807, 2.05) is 54.6 Å². The molecule has 0 saturated heterocycles. The van der Waals surface area contributed by atoms with Crippen LogP contribution in [-0.4, -0.2) is 37.0 Å². The molecule has 37 heavy (non-hydrogen) atoms. The molecule has 0 fully saturated rings. The van der Waals surface area contributed by atoms with Crippen LogP contribution in [0.5, 0.6) is 5.75 Å². The van der Waals surface area contributed by atoms with Crippen molar-refractivity contribution in [2.75, 3.05) is 7.11 Å². The molecule has 2 N–H and O–H groups in total.